The second-order valence-corrected chi connectivity index (χ2v) is 5.43. The molecule has 1 rings (SSSR count). The van der Waals surface area contributed by atoms with Crippen molar-refractivity contribution in [3.63, 3.8) is 0 Å². The Morgan fingerprint density at radius 3 is 2.33 bits per heavy atom. The van der Waals surface area contributed by atoms with Gasteiger partial charge in [-0.1, -0.05) is 20.3 Å². The van der Waals surface area contributed by atoms with Crippen molar-refractivity contribution in [2.75, 3.05) is 0 Å². The zero-order chi connectivity index (χ0) is 11.3. The standard InChI is InChI=1S/C13H28N2/c1-4-10(2)9-11(3)15-13-7-5-12(14)6-8-13/h10-13,15H,4-9,14H2,1-3H3. The summed E-state index contributed by atoms with van der Waals surface area (Å²) < 4.78 is 0. The van der Waals surface area contributed by atoms with E-state index < -0.39 is 0 Å². The molecule has 0 amide bonds. The van der Waals surface area contributed by atoms with E-state index >= 15 is 0 Å². The molecular weight excluding hydrogens is 184 g/mol. The maximum absolute atomic E-state index is 5.90. The van der Waals surface area contributed by atoms with Crippen molar-refractivity contribution in [3.8, 4) is 0 Å². The van der Waals surface area contributed by atoms with E-state index in [-0.39, 0.29) is 0 Å². The van der Waals surface area contributed by atoms with Crippen molar-refractivity contribution < 1.29 is 0 Å². The van der Waals surface area contributed by atoms with E-state index in [1.165, 1.54) is 38.5 Å². The lowest BCUT2D eigenvalue weighted by Crippen LogP contribution is -2.42. The van der Waals surface area contributed by atoms with Gasteiger partial charge in [0.15, 0.2) is 0 Å². The molecule has 1 saturated carbocycles. The van der Waals surface area contributed by atoms with E-state index in [0.717, 1.165) is 12.0 Å². The lowest BCUT2D eigenvalue weighted by molar-refractivity contribution is 0.299. The van der Waals surface area contributed by atoms with Crippen molar-refractivity contribution >= 4 is 0 Å². The molecule has 2 unspecified atom stereocenters. The summed E-state index contributed by atoms with van der Waals surface area (Å²) in [6.45, 7) is 6.94. The molecule has 0 aromatic heterocycles. The van der Waals surface area contributed by atoms with Crippen LogP contribution in [-0.4, -0.2) is 18.1 Å². The lowest BCUT2D eigenvalue weighted by Gasteiger charge is -2.30. The SMILES string of the molecule is CCC(C)CC(C)NC1CCC(N)CC1. The van der Waals surface area contributed by atoms with Gasteiger partial charge >= 0.3 is 0 Å². The maximum Gasteiger partial charge on any atom is 0.00706 e. The zero-order valence-electron chi connectivity index (χ0n) is 10.6. The van der Waals surface area contributed by atoms with Gasteiger partial charge in [-0.25, -0.2) is 0 Å². The van der Waals surface area contributed by atoms with Crippen LogP contribution in [0.3, 0.4) is 0 Å². The Hall–Kier alpha value is -0.0800. The Labute approximate surface area is 95.0 Å². The molecule has 1 aliphatic carbocycles. The zero-order valence-corrected chi connectivity index (χ0v) is 10.6. The van der Waals surface area contributed by atoms with Crippen LogP contribution < -0.4 is 11.1 Å². The van der Waals surface area contributed by atoms with Gasteiger partial charge in [0.1, 0.15) is 0 Å². The maximum atomic E-state index is 5.90. The molecule has 0 spiro atoms. The lowest BCUT2D eigenvalue weighted by atomic mass is 9.90. The van der Waals surface area contributed by atoms with Crippen LogP contribution in [0.1, 0.15) is 59.3 Å². The highest BCUT2D eigenvalue weighted by molar-refractivity contribution is 4.80. The van der Waals surface area contributed by atoms with E-state index in [1.54, 1.807) is 0 Å². The van der Waals surface area contributed by atoms with Crippen molar-refractivity contribution in [2.24, 2.45) is 11.7 Å². The first-order valence-corrected chi connectivity index (χ1v) is 6.63. The first kappa shape index (κ1) is 13.0. The summed E-state index contributed by atoms with van der Waals surface area (Å²) >= 11 is 0. The average Bonchev–Trinajstić information content (AvgIpc) is 2.21. The Kier molecular flexibility index (Phi) is 5.62. The second-order valence-electron chi connectivity index (χ2n) is 5.43. The molecular formula is C13H28N2. The highest BCUT2D eigenvalue weighted by Gasteiger charge is 2.19. The third-order valence-electron chi connectivity index (χ3n) is 3.74. The average molecular weight is 212 g/mol. The second kappa shape index (κ2) is 6.49. The topological polar surface area (TPSA) is 38.0 Å². The van der Waals surface area contributed by atoms with Crippen LogP contribution in [0, 0.1) is 5.92 Å². The van der Waals surface area contributed by atoms with Crippen molar-refractivity contribution in [1.82, 2.24) is 5.32 Å². The molecule has 0 aromatic rings. The van der Waals surface area contributed by atoms with Gasteiger partial charge in [-0.15, -0.1) is 0 Å². The predicted molar refractivity (Wildman–Crippen MR) is 66.9 cm³/mol. The molecule has 2 nitrogen and oxygen atoms in total. The minimum atomic E-state index is 0.466. The number of hydrogen-bond acceptors (Lipinski definition) is 2. The fraction of sp³-hybridized carbons (Fsp3) is 1.00. The van der Waals surface area contributed by atoms with Gasteiger partial charge < -0.3 is 11.1 Å². The fourth-order valence-electron chi connectivity index (χ4n) is 2.53. The van der Waals surface area contributed by atoms with Gasteiger partial charge in [0.25, 0.3) is 0 Å². The largest absolute Gasteiger partial charge is 0.328 e. The van der Waals surface area contributed by atoms with Crippen LogP contribution in [0.4, 0.5) is 0 Å². The third kappa shape index (κ3) is 4.98. The molecule has 1 fully saturated rings. The van der Waals surface area contributed by atoms with Gasteiger partial charge in [0.05, 0.1) is 0 Å². The summed E-state index contributed by atoms with van der Waals surface area (Å²) in [4.78, 5) is 0. The predicted octanol–water partition coefficient (Wildman–Crippen LogP) is 2.67. The molecule has 90 valence electrons. The van der Waals surface area contributed by atoms with Crippen LogP contribution in [0.25, 0.3) is 0 Å². The number of nitrogens with two attached hydrogens (primary N) is 1. The molecule has 0 aliphatic heterocycles. The summed E-state index contributed by atoms with van der Waals surface area (Å²) in [6.07, 6.45) is 7.54. The summed E-state index contributed by atoms with van der Waals surface area (Å²) in [6, 6.07) is 1.86. The summed E-state index contributed by atoms with van der Waals surface area (Å²) in [7, 11) is 0. The van der Waals surface area contributed by atoms with E-state index in [9.17, 15) is 0 Å². The number of rotatable bonds is 5. The monoisotopic (exact) mass is 212 g/mol. The summed E-state index contributed by atoms with van der Waals surface area (Å²) in [5.74, 6) is 0.846. The van der Waals surface area contributed by atoms with Crippen LogP contribution in [-0.2, 0) is 0 Å². The molecule has 0 saturated heterocycles. The van der Waals surface area contributed by atoms with Gasteiger partial charge in [-0.3, -0.25) is 0 Å². The molecule has 0 heterocycles. The molecule has 0 radical (unpaired) electrons. The van der Waals surface area contributed by atoms with Gasteiger partial charge in [0.2, 0.25) is 0 Å². The Balaban J connectivity index is 2.17. The molecule has 2 heteroatoms. The molecule has 1 aliphatic rings. The quantitative estimate of drug-likeness (QED) is 0.735. The highest BCUT2D eigenvalue weighted by atomic mass is 14.9. The first-order valence-electron chi connectivity index (χ1n) is 6.63. The highest BCUT2D eigenvalue weighted by Crippen LogP contribution is 2.18. The normalized spacial score (nSPS) is 31.2. The van der Waals surface area contributed by atoms with Crippen LogP contribution >= 0.6 is 0 Å². The third-order valence-corrected chi connectivity index (χ3v) is 3.74. The van der Waals surface area contributed by atoms with Crippen molar-refractivity contribution in [1.29, 1.82) is 0 Å². The Morgan fingerprint density at radius 2 is 1.80 bits per heavy atom. The fourth-order valence-corrected chi connectivity index (χ4v) is 2.53. The van der Waals surface area contributed by atoms with E-state index in [0.29, 0.717) is 12.1 Å². The molecule has 15 heavy (non-hydrogen) atoms. The van der Waals surface area contributed by atoms with Gasteiger partial charge in [-0.05, 0) is 44.9 Å². The molecule has 0 aromatic carbocycles. The van der Waals surface area contributed by atoms with E-state index in [2.05, 4.69) is 26.1 Å². The first-order chi connectivity index (χ1) is 7.11. The smallest absolute Gasteiger partial charge is 0.00706 e. The minimum absolute atomic E-state index is 0.466. The molecule has 3 N–H and O–H groups in total. The number of hydrogen-bond donors (Lipinski definition) is 2. The van der Waals surface area contributed by atoms with E-state index in [1.807, 2.05) is 0 Å². The Morgan fingerprint density at radius 1 is 1.20 bits per heavy atom. The van der Waals surface area contributed by atoms with Crippen molar-refractivity contribution in [2.45, 2.75) is 77.4 Å². The summed E-state index contributed by atoms with van der Waals surface area (Å²) in [5.41, 5.74) is 5.90. The molecule has 2 atom stereocenters. The van der Waals surface area contributed by atoms with Crippen LogP contribution in [0.5, 0.6) is 0 Å². The Bertz CT molecular complexity index is 162. The van der Waals surface area contributed by atoms with Crippen molar-refractivity contribution in [3.05, 3.63) is 0 Å². The molecule has 0 bridgehead atoms. The van der Waals surface area contributed by atoms with Gasteiger partial charge in [-0.2, -0.15) is 0 Å². The number of nitrogens with one attached hydrogen (secondary N) is 1. The van der Waals surface area contributed by atoms with Gasteiger partial charge in [0, 0.05) is 18.1 Å². The van der Waals surface area contributed by atoms with E-state index in [4.69, 9.17) is 5.73 Å². The van der Waals surface area contributed by atoms with Crippen LogP contribution in [0.2, 0.25) is 0 Å². The minimum Gasteiger partial charge on any atom is -0.328 e. The summed E-state index contributed by atoms with van der Waals surface area (Å²) in [5, 5.41) is 3.75. The van der Waals surface area contributed by atoms with Crippen LogP contribution in [0.15, 0.2) is 0 Å².